The third-order valence-corrected chi connectivity index (χ3v) is 2.13. The first-order chi connectivity index (χ1) is 5.41. The van der Waals surface area contributed by atoms with Crippen LogP contribution >= 0.6 is 15.9 Å². The van der Waals surface area contributed by atoms with Crippen LogP contribution in [-0.4, -0.2) is 9.97 Å². The lowest BCUT2D eigenvalue weighted by Crippen LogP contribution is -2.13. The smallest absolute Gasteiger partial charge is 0.210 e. The van der Waals surface area contributed by atoms with Gasteiger partial charge >= 0.3 is 6.08 Å². The molecule has 0 aliphatic rings. The minimum absolute atomic E-state index is 0.0630. The van der Waals surface area contributed by atoms with Crippen LogP contribution < -0.4 is 0 Å². The van der Waals surface area contributed by atoms with Crippen LogP contribution in [0.25, 0.3) is 0 Å². The largest absolute Gasteiger partial charge is 0.309 e. The van der Waals surface area contributed by atoms with Crippen molar-refractivity contribution in [1.29, 1.82) is 0 Å². The highest BCUT2D eigenvalue weighted by Gasteiger charge is 2.18. The highest BCUT2D eigenvalue weighted by atomic mass is 79.9. The SMILES string of the molecule is CC(C)(C)c1cnc(F)nc1Br. The van der Waals surface area contributed by atoms with Crippen molar-refractivity contribution in [1.82, 2.24) is 9.97 Å². The first kappa shape index (κ1) is 9.58. The van der Waals surface area contributed by atoms with Crippen molar-refractivity contribution in [2.24, 2.45) is 0 Å². The second kappa shape index (κ2) is 3.09. The van der Waals surface area contributed by atoms with Gasteiger partial charge in [0.2, 0.25) is 0 Å². The van der Waals surface area contributed by atoms with E-state index in [-0.39, 0.29) is 5.41 Å². The molecule has 1 heterocycles. The van der Waals surface area contributed by atoms with Gasteiger partial charge in [-0.1, -0.05) is 20.8 Å². The molecule has 0 saturated heterocycles. The zero-order valence-electron chi connectivity index (χ0n) is 7.23. The fraction of sp³-hybridized carbons (Fsp3) is 0.500. The number of hydrogen-bond donors (Lipinski definition) is 0. The Morgan fingerprint density at radius 2 is 2.00 bits per heavy atom. The lowest BCUT2D eigenvalue weighted by molar-refractivity contribution is 0.516. The maximum atomic E-state index is 12.5. The second-order valence-corrected chi connectivity index (χ2v) is 4.34. The van der Waals surface area contributed by atoms with Crippen LogP contribution in [0, 0.1) is 6.08 Å². The Balaban J connectivity index is 3.19. The zero-order valence-corrected chi connectivity index (χ0v) is 8.81. The first-order valence-corrected chi connectivity index (χ1v) is 4.39. The van der Waals surface area contributed by atoms with E-state index >= 15 is 0 Å². The minimum Gasteiger partial charge on any atom is -0.210 e. The van der Waals surface area contributed by atoms with Gasteiger partial charge in [-0.05, 0) is 21.3 Å². The summed E-state index contributed by atoms with van der Waals surface area (Å²) in [5, 5.41) is 0. The number of aromatic nitrogens is 2. The van der Waals surface area contributed by atoms with E-state index in [2.05, 4.69) is 25.9 Å². The lowest BCUT2D eigenvalue weighted by atomic mass is 9.89. The Morgan fingerprint density at radius 1 is 1.42 bits per heavy atom. The van der Waals surface area contributed by atoms with Crippen molar-refractivity contribution >= 4 is 15.9 Å². The molecule has 0 spiro atoms. The molecule has 0 fully saturated rings. The molecule has 0 aliphatic heterocycles. The molecule has 0 aliphatic carbocycles. The van der Waals surface area contributed by atoms with E-state index in [0.717, 1.165) is 5.56 Å². The maximum Gasteiger partial charge on any atom is 0.309 e. The van der Waals surface area contributed by atoms with Gasteiger partial charge in [0.1, 0.15) is 4.60 Å². The molecule has 2 nitrogen and oxygen atoms in total. The van der Waals surface area contributed by atoms with Crippen molar-refractivity contribution in [3.05, 3.63) is 22.4 Å². The monoisotopic (exact) mass is 232 g/mol. The molecule has 4 heteroatoms. The number of nitrogens with zero attached hydrogens (tertiary/aromatic N) is 2. The topological polar surface area (TPSA) is 25.8 Å². The van der Waals surface area contributed by atoms with Crippen LogP contribution in [-0.2, 0) is 5.41 Å². The lowest BCUT2D eigenvalue weighted by Gasteiger charge is -2.18. The standard InChI is InChI=1S/C8H10BrFN2/c1-8(2,3)5-4-11-7(10)12-6(5)9/h4H,1-3H3. The molecule has 0 bridgehead atoms. The van der Waals surface area contributed by atoms with Gasteiger partial charge in [0.25, 0.3) is 0 Å². The van der Waals surface area contributed by atoms with E-state index in [0.29, 0.717) is 4.60 Å². The number of rotatable bonds is 0. The predicted molar refractivity (Wildman–Crippen MR) is 48.4 cm³/mol. The molecule has 12 heavy (non-hydrogen) atoms. The number of hydrogen-bond acceptors (Lipinski definition) is 2. The summed E-state index contributed by atoms with van der Waals surface area (Å²) < 4.78 is 13.0. The van der Waals surface area contributed by atoms with Crippen molar-refractivity contribution in [2.75, 3.05) is 0 Å². The van der Waals surface area contributed by atoms with E-state index in [1.807, 2.05) is 20.8 Å². The summed E-state index contributed by atoms with van der Waals surface area (Å²) in [7, 11) is 0. The Hall–Kier alpha value is -0.510. The highest BCUT2D eigenvalue weighted by molar-refractivity contribution is 9.10. The van der Waals surface area contributed by atoms with Gasteiger partial charge in [-0.15, -0.1) is 0 Å². The minimum atomic E-state index is -0.699. The molecule has 0 radical (unpaired) electrons. The molecular weight excluding hydrogens is 223 g/mol. The van der Waals surface area contributed by atoms with Gasteiger partial charge in [-0.3, -0.25) is 0 Å². The summed E-state index contributed by atoms with van der Waals surface area (Å²) in [6, 6.07) is 0. The molecule has 0 aromatic carbocycles. The first-order valence-electron chi connectivity index (χ1n) is 3.60. The van der Waals surface area contributed by atoms with Crippen molar-refractivity contribution in [2.45, 2.75) is 26.2 Å². The van der Waals surface area contributed by atoms with Crippen LogP contribution in [0.3, 0.4) is 0 Å². The third-order valence-electron chi connectivity index (χ3n) is 1.52. The zero-order chi connectivity index (χ0) is 9.35. The summed E-state index contributed by atoms with van der Waals surface area (Å²) >= 11 is 3.19. The molecule has 0 saturated carbocycles. The highest BCUT2D eigenvalue weighted by Crippen LogP contribution is 2.27. The van der Waals surface area contributed by atoms with Crippen LogP contribution in [0.2, 0.25) is 0 Å². The van der Waals surface area contributed by atoms with E-state index < -0.39 is 6.08 Å². The molecule has 1 aromatic rings. The van der Waals surface area contributed by atoms with E-state index in [1.54, 1.807) is 0 Å². The molecule has 0 unspecified atom stereocenters. The fourth-order valence-electron chi connectivity index (χ4n) is 0.844. The Labute approximate surface area is 79.4 Å². The average molecular weight is 233 g/mol. The molecule has 0 N–H and O–H groups in total. The third kappa shape index (κ3) is 2.00. The quantitative estimate of drug-likeness (QED) is 0.508. The van der Waals surface area contributed by atoms with Gasteiger partial charge in [0.05, 0.1) is 0 Å². The van der Waals surface area contributed by atoms with Crippen molar-refractivity contribution in [3.63, 3.8) is 0 Å². The second-order valence-electron chi connectivity index (χ2n) is 3.59. The predicted octanol–water partition coefficient (Wildman–Crippen LogP) is 2.68. The molecule has 0 atom stereocenters. The summed E-state index contributed by atoms with van der Waals surface area (Å²) in [5.74, 6) is 0. The summed E-state index contributed by atoms with van der Waals surface area (Å²) in [5.41, 5.74) is 0.843. The molecule has 0 amide bonds. The van der Waals surface area contributed by atoms with E-state index in [4.69, 9.17) is 0 Å². The average Bonchev–Trinajstić information content (AvgIpc) is 1.83. The summed E-state index contributed by atoms with van der Waals surface area (Å²) in [6.07, 6.45) is 0.807. The van der Waals surface area contributed by atoms with Gasteiger partial charge in [-0.25, -0.2) is 4.98 Å². The van der Waals surface area contributed by atoms with Crippen molar-refractivity contribution in [3.8, 4) is 0 Å². The van der Waals surface area contributed by atoms with Gasteiger partial charge in [0, 0.05) is 11.8 Å². The molecule has 66 valence electrons. The Morgan fingerprint density at radius 3 is 2.42 bits per heavy atom. The van der Waals surface area contributed by atoms with Gasteiger partial charge < -0.3 is 0 Å². The Bertz CT molecular complexity index is 294. The maximum absolute atomic E-state index is 12.5. The summed E-state index contributed by atoms with van der Waals surface area (Å²) in [4.78, 5) is 7.08. The van der Waals surface area contributed by atoms with Crippen LogP contribution in [0.1, 0.15) is 26.3 Å². The fourth-order valence-corrected chi connectivity index (χ4v) is 1.69. The Kier molecular flexibility index (Phi) is 2.46. The molecule has 1 aromatic heterocycles. The summed E-state index contributed by atoms with van der Waals surface area (Å²) in [6.45, 7) is 6.07. The molecule has 1 rings (SSSR count). The van der Waals surface area contributed by atoms with E-state index in [9.17, 15) is 4.39 Å². The van der Waals surface area contributed by atoms with Crippen LogP contribution in [0.4, 0.5) is 4.39 Å². The normalized spacial score (nSPS) is 11.8. The number of halogens is 2. The van der Waals surface area contributed by atoms with Crippen LogP contribution in [0.5, 0.6) is 0 Å². The van der Waals surface area contributed by atoms with E-state index in [1.165, 1.54) is 6.20 Å². The van der Waals surface area contributed by atoms with Crippen molar-refractivity contribution < 1.29 is 4.39 Å². The van der Waals surface area contributed by atoms with Gasteiger partial charge in [0.15, 0.2) is 0 Å². The molecular formula is C8H10BrFN2. The van der Waals surface area contributed by atoms with Crippen LogP contribution in [0.15, 0.2) is 10.8 Å². The van der Waals surface area contributed by atoms with Gasteiger partial charge in [-0.2, -0.15) is 9.37 Å².